The van der Waals surface area contributed by atoms with Gasteiger partial charge in [-0.15, -0.1) is 0 Å². The van der Waals surface area contributed by atoms with Gasteiger partial charge in [-0.2, -0.15) is 0 Å². The average Bonchev–Trinajstić information content (AvgIpc) is 3.79. The molecule has 5 N–H and O–H groups in total. The Kier molecular flexibility index (Phi) is 14.3. The number of amides is 5. The summed E-state index contributed by atoms with van der Waals surface area (Å²) in [4.78, 5) is 69.6. The van der Waals surface area contributed by atoms with E-state index in [4.69, 9.17) is 17.3 Å². The summed E-state index contributed by atoms with van der Waals surface area (Å²) in [5.74, 6) is -1.97. The van der Waals surface area contributed by atoms with E-state index in [-0.39, 0.29) is 41.5 Å². The Morgan fingerprint density at radius 2 is 1.70 bits per heavy atom. The van der Waals surface area contributed by atoms with Gasteiger partial charge in [-0.3, -0.25) is 19.3 Å². The molecule has 298 valence electrons. The second-order valence-corrected chi connectivity index (χ2v) is 13.7. The number of amidine groups is 1. The van der Waals surface area contributed by atoms with Gasteiger partial charge < -0.3 is 36.3 Å². The number of imide groups is 1. The molecule has 1 unspecified atom stereocenters. The van der Waals surface area contributed by atoms with Crippen LogP contribution in [0.3, 0.4) is 0 Å². The number of hydrogen-bond donors (Lipinski definition) is 4. The molecule has 0 radical (unpaired) electrons. The molecule has 3 aromatic rings. The number of aldehydes is 1. The van der Waals surface area contributed by atoms with Crippen LogP contribution in [0.15, 0.2) is 59.6 Å². The number of aliphatic imine (C=N–C) groups is 1. The van der Waals surface area contributed by atoms with E-state index in [0.29, 0.717) is 47.0 Å². The molecule has 5 amide bonds. The molecule has 3 aliphatic rings. The van der Waals surface area contributed by atoms with Crippen LogP contribution in [0.2, 0.25) is 5.02 Å². The SMILES string of the molecule is CNC(=O)C(CCC=O)N1C(=O)c2cccc(NCCCCCNC(=O)N3CCCC3)c2C1=O.NC1=Nc2cc(F)ccc2N(CC(F)F)c2ccc(Cl)cc21. The van der Waals surface area contributed by atoms with Gasteiger partial charge in [0.05, 0.1) is 34.7 Å². The number of likely N-dealkylation sites (N-methyl/N-ethyl adjacent to an activating group) is 1. The molecule has 3 aromatic carbocycles. The lowest BCUT2D eigenvalue weighted by Gasteiger charge is -2.26. The number of carbonyl (C=O) groups excluding carboxylic acids is 5. The van der Waals surface area contributed by atoms with E-state index in [9.17, 15) is 37.1 Å². The fraction of sp³-hybridized carbons (Fsp3) is 0.385. The number of urea groups is 1. The lowest BCUT2D eigenvalue weighted by Crippen LogP contribution is -2.48. The minimum absolute atomic E-state index is 0.00593. The third-order valence-electron chi connectivity index (χ3n) is 9.52. The summed E-state index contributed by atoms with van der Waals surface area (Å²) >= 11 is 5.95. The Balaban J connectivity index is 0.000000234. The van der Waals surface area contributed by atoms with Crippen molar-refractivity contribution in [3.63, 3.8) is 0 Å². The molecule has 0 aliphatic carbocycles. The minimum Gasteiger partial charge on any atom is -0.384 e. The van der Waals surface area contributed by atoms with Gasteiger partial charge in [0.15, 0.2) is 0 Å². The maximum atomic E-state index is 13.4. The number of rotatable bonds is 14. The minimum atomic E-state index is -2.58. The number of likely N-dealkylation sites (tertiary alicyclic amines) is 1. The molecule has 0 saturated carbocycles. The summed E-state index contributed by atoms with van der Waals surface area (Å²) in [7, 11) is 1.43. The van der Waals surface area contributed by atoms with Gasteiger partial charge in [0, 0.05) is 62.0 Å². The summed E-state index contributed by atoms with van der Waals surface area (Å²) in [6, 6.07) is 12.5. The van der Waals surface area contributed by atoms with Crippen molar-refractivity contribution in [2.24, 2.45) is 10.7 Å². The van der Waals surface area contributed by atoms with Crippen LogP contribution in [0, 0.1) is 5.82 Å². The summed E-state index contributed by atoms with van der Waals surface area (Å²) < 4.78 is 39.4. The van der Waals surface area contributed by atoms with Crippen molar-refractivity contribution in [1.82, 2.24) is 20.4 Å². The zero-order chi connectivity index (χ0) is 40.4. The molecule has 1 saturated heterocycles. The highest BCUT2D eigenvalue weighted by Crippen LogP contribution is 2.40. The van der Waals surface area contributed by atoms with E-state index < -0.39 is 42.6 Å². The zero-order valence-corrected chi connectivity index (χ0v) is 31.6. The van der Waals surface area contributed by atoms with Crippen LogP contribution in [0.4, 0.5) is 40.7 Å². The number of nitrogens with one attached hydrogen (secondary N) is 3. The fourth-order valence-corrected chi connectivity index (χ4v) is 6.97. The standard InChI is InChI=1S/C24H33N5O5.C15H11ClF3N3/c1-25-21(31)19(11-8-16-30)29-22(32)17-9-7-10-18(20(17)23(29)33)26-12-3-2-4-13-27-24(34)28-14-5-6-15-28;16-8-1-3-12-10(5-8)15(20)21-11-6-9(17)2-4-13(11)22(12)7-14(18)19/h7,9-10,16,19,26H,2-6,8,11-15H2,1H3,(H,25,31)(H,27,34);1-6,14H,7H2,(H2,20,21). The van der Waals surface area contributed by atoms with Crippen LogP contribution < -0.4 is 26.6 Å². The predicted octanol–water partition coefficient (Wildman–Crippen LogP) is 6.00. The number of nitrogens with zero attached hydrogens (tertiary/aromatic N) is 4. The van der Waals surface area contributed by atoms with Crippen LogP contribution in [0.5, 0.6) is 0 Å². The molecule has 13 nitrogen and oxygen atoms in total. The van der Waals surface area contributed by atoms with Crippen LogP contribution in [0.1, 0.15) is 71.2 Å². The van der Waals surface area contributed by atoms with Crippen molar-refractivity contribution in [2.75, 3.05) is 50.0 Å². The van der Waals surface area contributed by atoms with Crippen LogP contribution >= 0.6 is 11.6 Å². The zero-order valence-electron chi connectivity index (χ0n) is 30.8. The molecule has 0 aromatic heterocycles. The number of halogens is 4. The molecule has 17 heteroatoms. The number of fused-ring (bicyclic) bond motifs is 3. The Morgan fingerprint density at radius 3 is 2.41 bits per heavy atom. The first-order valence-corrected chi connectivity index (χ1v) is 18.7. The Morgan fingerprint density at radius 1 is 0.964 bits per heavy atom. The first-order valence-electron chi connectivity index (χ1n) is 18.4. The van der Waals surface area contributed by atoms with E-state index in [1.54, 1.807) is 36.4 Å². The maximum Gasteiger partial charge on any atom is 0.317 e. The number of nitrogens with two attached hydrogens (primary N) is 1. The van der Waals surface area contributed by atoms with Gasteiger partial charge in [0.1, 0.15) is 24.0 Å². The highest BCUT2D eigenvalue weighted by molar-refractivity contribution is 6.31. The van der Waals surface area contributed by atoms with Crippen molar-refractivity contribution in [3.05, 3.63) is 82.1 Å². The van der Waals surface area contributed by atoms with E-state index in [1.165, 1.54) is 24.1 Å². The molecule has 56 heavy (non-hydrogen) atoms. The van der Waals surface area contributed by atoms with Gasteiger partial charge in [0.25, 0.3) is 18.2 Å². The number of alkyl halides is 2. The first kappa shape index (κ1) is 41.5. The molecule has 3 aliphatic heterocycles. The molecule has 1 fully saturated rings. The highest BCUT2D eigenvalue weighted by atomic mass is 35.5. The third kappa shape index (κ3) is 9.77. The fourth-order valence-electron chi connectivity index (χ4n) is 6.80. The first-order chi connectivity index (χ1) is 26.9. The van der Waals surface area contributed by atoms with Crippen LogP contribution in [-0.2, 0) is 9.59 Å². The van der Waals surface area contributed by atoms with Crippen molar-refractivity contribution < 1.29 is 37.1 Å². The quantitative estimate of drug-likeness (QED) is 0.0876. The molecule has 0 bridgehead atoms. The smallest absolute Gasteiger partial charge is 0.317 e. The summed E-state index contributed by atoms with van der Waals surface area (Å²) in [5.41, 5.74) is 8.44. The van der Waals surface area contributed by atoms with Crippen molar-refractivity contribution in [3.8, 4) is 0 Å². The summed E-state index contributed by atoms with van der Waals surface area (Å²) in [6.07, 6.45) is 2.93. The van der Waals surface area contributed by atoms with Gasteiger partial charge in [-0.05, 0) is 81.0 Å². The van der Waals surface area contributed by atoms with Crippen LogP contribution in [-0.4, -0.2) is 97.9 Å². The van der Waals surface area contributed by atoms with E-state index in [1.807, 2.05) is 4.90 Å². The second kappa shape index (κ2) is 19.3. The van der Waals surface area contributed by atoms with Gasteiger partial charge in [-0.1, -0.05) is 17.7 Å². The summed E-state index contributed by atoms with van der Waals surface area (Å²) in [5, 5.41) is 9.06. The van der Waals surface area contributed by atoms with Crippen molar-refractivity contribution in [2.45, 2.75) is 57.4 Å². The topological polar surface area (TPSA) is 170 Å². The monoisotopic (exact) mass is 796 g/mol. The maximum absolute atomic E-state index is 13.4. The van der Waals surface area contributed by atoms with E-state index in [0.717, 1.165) is 56.2 Å². The number of anilines is 3. The molecule has 6 rings (SSSR count). The second-order valence-electron chi connectivity index (χ2n) is 13.3. The summed E-state index contributed by atoms with van der Waals surface area (Å²) in [6.45, 7) is 2.32. The third-order valence-corrected chi connectivity index (χ3v) is 9.75. The normalized spacial score (nSPS) is 14.9. The molecule has 1 atom stereocenters. The number of unbranched alkanes of at least 4 members (excludes halogenated alkanes) is 2. The van der Waals surface area contributed by atoms with Crippen molar-refractivity contribution in [1.29, 1.82) is 0 Å². The highest BCUT2D eigenvalue weighted by Gasteiger charge is 2.43. The van der Waals surface area contributed by atoms with Gasteiger partial charge in [0.2, 0.25) is 5.91 Å². The predicted molar refractivity (Wildman–Crippen MR) is 208 cm³/mol. The number of hydrogen-bond acceptors (Lipinski definition) is 9. The number of benzene rings is 3. The largest absolute Gasteiger partial charge is 0.384 e. The molecule has 0 spiro atoms. The van der Waals surface area contributed by atoms with E-state index in [2.05, 4.69) is 20.9 Å². The lowest BCUT2D eigenvalue weighted by molar-refractivity contribution is -0.124. The molecular weight excluding hydrogens is 753 g/mol. The van der Waals surface area contributed by atoms with Gasteiger partial charge >= 0.3 is 6.03 Å². The Hall–Kier alpha value is -5.64. The average molecular weight is 797 g/mol. The lowest BCUT2D eigenvalue weighted by atomic mass is 10.1. The Labute approximate surface area is 327 Å². The van der Waals surface area contributed by atoms with Crippen LogP contribution in [0.25, 0.3) is 0 Å². The van der Waals surface area contributed by atoms with Crippen molar-refractivity contribution >= 4 is 70.2 Å². The Bertz CT molecular complexity index is 1980. The number of carbonyl (C=O) groups is 5. The van der Waals surface area contributed by atoms with Gasteiger partial charge in [-0.25, -0.2) is 23.0 Å². The molecule has 3 heterocycles. The molecular formula is C39H44ClF3N8O5. The van der Waals surface area contributed by atoms with E-state index >= 15 is 0 Å².